The molecule has 0 amide bonds. The Hall–Kier alpha value is -1.26. The van der Waals surface area contributed by atoms with Gasteiger partial charge in [0, 0.05) is 26.8 Å². The molecule has 22 heavy (non-hydrogen) atoms. The Morgan fingerprint density at radius 2 is 1.59 bits per heavy atom. The lowest BCUT2D eigenvalue weighted by molar-refractivity contribution is 1.17. The van der Waals surface area contributed by atoms with Crippen LogP contribution in [0.15, 0.2) is 48.7 Å². The summed E-state index contributed by atoms with van der Waals surface area (Å²) in [7, 11) is 0. The number of anilines is 1. The molecule has 3 rings (SSSR count). The maximum Gasteiger partial charge on any atom is 0.183 e. The monoisotopic (exact) mass is 368 g/mol. The Balaban J connectivity index is 1.72. The fourth-order valence-electron chi connectivity index (χ4n) is 2.06. The number of halogens is 3. The molecule has 0 saturated carbocycles. The molecule has 2 aromatic carbocycles. The lowest BCUT2D eigenvalue weighted by Crippen LogP contribution is -1.96. The van der Waals surface area contributed by atoms with Gasteiger partial charge >= 0.3 is 0 Å². The van der Waals surface area contributed by atoms with Gasteiger partial charge in [-0.15, -0.1) is 11.3 Å². The van der Waals surface area contributed by atoms with Crippen LogP contribution in [0.3, 0.4) is 0 Å². The summed E-state index contributed by atoms with van der Waals surface area (Å²) >= 11 is 19.4. The van der Waals surface area contributed by atoms with Gasteiger partial charge in [-0.2, -0.15) is 0 Å². The highest BCUT2D eigenvalue weighted by Crippen LogP contribution is 2.28. The highest BCUT2D eigenvalue weighted by atomic mass is 35.5. The summed E-state index contributed by atoms with van der Waals surface area (Å²) in [4.78, 5) is 5.11. The summed E-state index contributed by atoms with van der Waals surface area (Å²) in [5, 5.41) is 4.60. The third-order valence-electron chi connectivity index (χ3n) is 3.07. The van der Waals surface area contributed by atoms with Crippen molar-refractivity contribution in [2.45, 2.75) is 6.54 Å². The molecule has 0 aliphatic rings. The van der Waals surface area contributed by atoms with Crippen molar-refractivity contribution in [3.05, 3.63) is 68.1 Å². The van der Waals surface area contributed by atoms with Crippen LogP contribution in [-0.2, 0) is 6.54 Å². The van der Waals surface area contributed by atoms with Gasteiger partial charge < -0.3 is 5.32 Å². The van der Waals surface area contributed by atoms with E-state index in [4.69, 9.17) is 34.8 Å². The Morgan fingerprint density at radius 1 is 0.909 bits per heavy atom. The molecule has 1 N–H and O–H groups in total. The van der Waals surface area contributed by atoms with Crippen LogP contribution in [0.2, 0.25) is 14.5 Å². The van der Waals surface area contributed by atoms with Gasteiger partial charge in [0.2, 0.25) is 0 Å². The fraction of sp³-hybridized carbons (Fsp3) is 0.0625. The van der Waals surface area contributed by atoms with Crippen LogP contribution < -0.4 is 5.32 Å². The first kappa shape index (κ1) is 15.6. The molecule has 0 aliphatic carbocycles. The van der Waals surface area contributed by atoms with Crippen LogP contribution in [0.5, 0.6) is 0 Å². The lowest BCUT2D eigenvalue weighted by Gasteiger charge is -2.07. The maximum absolute atomic E-state index is 6.04. The molecule has 0 saturated heterocycles. The number of hydrogen-bond acceptors (Lipinski definition) is 3. The zero-order valence-electron chi connectivity index (χ0n) is 11.3. The zero-order valence-corrected chi connectivity index (χ0v) is 14.4. The number of nitrogens with one attached hydrogen (secondary N) is 1. The minimum Gasteiger partial charge on any atom is -0.380 e. The molecule has 0 fully saturated rings. The molecule has 2 nitrogen and oxygen atoms in total. The van der Waals surface area contributed by atoms with E-state index in [2.05, 4.69) is 10.3 Å². The molecule has 112 valence electrons. The molecule has 6 heteroatoms. The van der Waals surface area contributed by atoms with E-state index >= 15 is 0 Å². The minimum absolute atomic E-state index is 0.560. The van der Waals surface area contributed by atoms with Crippen molar-refractivity contribution in [3.8, 4) is 11.1 Å². The van der Waals surface area contributed by atoms with Gasteiger partial charge in [-0.1, -0.05) is 46.9 Å². The van der Waals surface area contributed by atoms with Gasteiger partial charge in [-0.05, 0) is 41.5 Å². The van der Waals surface area contributed by atoms with E-state index in [0.29, 0.717) is 21.1 Å². The number of aromatic nitrogens is 1. The topological polar surface area (TPSA) is 24.9 Å². The second-order valence-corrected chi connectivity index (χ2v) is 7.24. The Bertz CT molecular complexity index is 764. The molecule has 0 unspecified atom stereocenters. The standard InChI is InChI=1S/C16H11Cl3N2S/c17-12-5-11(6-13(18)7-12)10-1-3-14(4-2-10)20-8-15-9-21-16(19)22-15/h1-7,9,20H,8H2. The van der Waals surface area contributed by atoms with Crippen LogP contribution in [-0.4, -0.2) is 4.98 Å². The predicted octanol–water partition coefficient (Wildman–Crippen LogP) is 6.38. The highest BCUT2D eigenvalue weighted by molar-refractivity contribution is 7.15. The molecule has 3 aromatic rings. The Labute approximate surface area is 147 Å². The first-order valence-corrected chi connectivity index (χ1v) is 8.46. The van der Waals surface area contributed by atoms with E-state index in [1.807, 2.05) is 36.4 Å². The van der Waals surface area contributed by atoms with Crippen molar-refractivity contribution in [3.63, 3.8) is 0 Å². The summed E-state index contributed by atoms with van der Waals surface area (Å²) in [6.45, 7) is 0.701. The minimum atomic E-state index is 0.560. The molecule has 0 spiro atoms. The van der Waals surface area contributed by atoms with Crippen molar-refractivity contribution < 1.29 is 0 Å². The molecule has 1 heterocycles. The second-order valence-electron chi connectivity index (χ2n) is 4.67. The van der Waals surface area contributed by atoms with Crippen LogP contribution in [0.1, 0.15) is 4.88 Å². The number of hydrogen-bond donors (Lipinski definition) is 1. The summed E-state index contributed by atoms with van der Waals surface area (Å²) in [6.07, 6.45) is 1.78. The van der Waals surface area contributed by atoms with Gasteiger partial charge in [-0.25, -0.2) is 4.98 Å². The average Bonchev–Trinajstić information content (AvgIpc) is 2.90. The second kappa shape index (κ2) is 6.88. The number of benzene rings is 2. The van der Waals surface area contributed by atoms with Crippen molar-refractivity contribution in [2.75, 3.05) is 5.32 Å². The molecular weight excluding hydrogens is 359 g/mol. The third-order valence-corrected chi connectivity index (χ3v) is 4.62. The van der Waals surface area contributed by atoms with Crippen molar-refractivity contribution >= 4 is 51.8 Å². The number of rotatable bonds is 4. The van der Waals surface area contributed by atoms with E-state index in [0.717, 1.165) is 21.7 Å². The third kappa shape index (κ3) is 3.93. The lowest BCUT2D eigenvalue weighted by atomic mass is 10.1. The quantitative estimate of drug-likeness (QED) is 0.577. The molecule has 0 aliphatic heterocycles. The van der Waals surface area contributed by atoms with E-state index in [1.165, 1.54) is 11.3 Å². The van der Waals surface area contributed by atoms with Crippen molar-refractivity contribution in [1.29, 1.82) is 0 Å². The van der Waals surface area contributed by atoms with Crippen LogP contribution in [0.25, 0.3) is 11.1 Å². The molecule has 0 bridgehead atoms. The normalized spacial score (nSPS) is 10.7. The van der Waals surface area contributed by atoms with Crippen molar-refractivity contribution in [2.24, 2.45) is 0 Å². The number of nitrogens with zero attached hydrogens (tertiary/aromatic N) is 1. The van der Waals surface area contributed by atoms with Crippen LogP contribution in [0.4, 0.5) is 5.69 Å². The predicted molar refractivity (Wildman–Crippen MR) is 96.3 cm³/mol. The van der Waals surface area contributed by atoms with Crippen LogP contribution in [0, 0.1) is 0 Å². The average molecular weight is 370 g/mol. The maximum atomic E-state index is 6.04. The zero-order chi connectivity index (χ0) is 15.5. The molecule has 0 radical (unpaired) electrons. The molecule has 1 aromatic heterocycles. The SMILES string of the molecule is Clc1cc(Cl)cc(-c2ccc(NCc3cnc(Cl)s3)cc2)c1. The van der Waals surface area contributed by atoms with E-state index in [1.54, 1.807) is 12.3 Å². The van der Waals surface area contributed by atoms with Crippen molar-refractivity contribution in [1.82, 2.24) is 4.98 Å². The fourth-order valence-corrected chi connectivity index (χ4v) is 3.50. The largest absolute Gasteiger partial charge is 0.380 e. The first-order chi connectivity index (χ1) is 10.6. The summed E-state index contributed by atoms with van der Waals surface area (Å²) in [5.74, 6) is 0. The summed E-state index contributed by atoms with van der Waals surface area (Å²) in [5.41, 5.74) is 3.09. The van der Waals surface area contributed by atoms with Gasteiger partial charge in [0.05, 0.1) is 6.54 Å². The Kier molecular flexibility index (Phi) is 4.89. The van der Waals surface area contributed by atoms with E-state index in [-0.39, 0.29) is 0 Å². The molecule has 0 atom stereocenters. The van der Waals surface area contributed by atoms with Gasteiger partial charge in [-0.3, -0.25) is 0 Å². The summed E-state index contributed by atoms with van der Waals surface area (Å²) in [6, 6.07) is 13.6. The van der Waals surface area contributed by atoms with Gasteiger partial charge in [0.25, 0.3) is 0 Å². The van der Waals surface area contributed by atoms with Gasteiger partial charge in [0.1, 0.15) is 0 Å². The molecular formula is C16H11Cl3N2S. The first-order valence-electron chi connectivity index (χ1n) is 6.51. The van der Waals surface area contributed by atoms with Crippen LogP contribution >= 0.6 is 46.1 Å². The summed E-state index contributed by atoms with van der Waals surface area (Å²) < 4.78 is 0.560. The van der Waals surface area contributed by atoms with E-state index in [9.17, 15) is 0 Å². The van der Waals surface area contributed by atoms with Gasteiger partial charge in [0.15, 0.2) is 4.47 Å². The van der Waals surface area contributed by atoms with E-state index < -0.39 is 0 Å². The smallest absolute Gasteiger partial charge is 0.183 e. The Morgan fingerprint density at radius 3 is 2.18 bits per heavy atom. The number of thiazole rings is 1. The highest BCUT2D eigenvalue weighted by Gasteiger charge is 2.03.